The van der Waals surface area contributed by atoms with Crippen LogP contribution in [0.3, 0.4) is 0 Å². The van der Waals surface area contributed by atoms with Crippen LogP contribution in [-0.2, 0) is 9.59 Å². The topological polar surface area (TPSA) is 62.6 Å². The van der Waals surface area contributed by atoms with Crippen LogP contribution in [0.2, 0.25) is 0 Å². The minimum absolute atomic E-state index is 0.0392. The van der Waals surface area contributed by atoms with Crippen molar-refractivity contribution < 1.29 is 14.5 Å². The predicted molar refractivity (Wildman–Crippen MR) is 87.4 cm³/mol. The number of aryl methyl sites for hydroxylation is 1. The van der Waals surface area contributed by atoms with Gasteiger partial charge in [-0.15, -0.1) is 0 Å². The zero-order valence-corrected chi connectivity index (χ0v) is 14.5. The van der Waals surface area contributed by atoms with Crippen molar-refractivity contribution in [2.45, 2.75) is 26.8 Å². The minimum atomic E-state index is -0.262. The molecule has 0 bridgehead atoms. The third kappa shape index (κ3) is 5.47. The molecule has 1 rings (SSSR count). The molecular formula is C15H23BrN3O2+. The van der Waals surface area contributed by atoms with Crippen LogP contribution in [0.15, 0.2) is 22.7 Å². The number of benzene rings is 1. The van der Waals surface area contributed by atoms with E-state index in [9.17, 15) is 9.59 Å². The number of nitrogens with one attached hydrogen (secondary N) is 3. The number of likely N-dealkylation sites (N-methyl/N-ethyl adjacent to an activating group) is 2. The van der Waals surface area contributed by atoms with Crippen LogP contribution >= 0.6 is 15.9 Å². The van der Waals surface area contributed by atoms with Gasteiger partial charge < -0.3 is 15.5 Å². The van der Waals surface area contributed by atoms with Crippen molar-refractivity contribution in [1.82, 2.24) is 5.32 Å². The average molecular weight is 357 g/mol. The second-order valence-electron chi connectivity index (χ2n) is 5.15. The molecule has 6 heteroatoms. The summed E-state index contributed by atoms with van der Waals surface area (Å²) in [6.07, 6.45) is 0. The fraction of sp³-hybridized carbons (Fsp3) is 0.467. The molecule has 2 atom stereocenters. The van der Waals surface area contributed by atoms with E-state index in [0.717, 1.165) is 20.6 Å². The third-order valence-electron chi connectivity index (χ3n) is 3.39. The van der Waals surface area contributed by atoms with E-state index in [1.54, 1.807) is 0 Å². The highest BCUT2D eigenvalue weighted by Gasteiger charge is 2.23. The Labute approximate surface area is 134 Å². The van der Waals surface area contributed by atoms with Gasteiger partial charge in [-0.1, -0.05) is 15.9 Å². The predicted octanol–water partition coefficient (Wildman–Crippen LogP) is 0.735. The summed E-state index contributed by atoms with van der Waals surface area (Å²) in [6.45, 7) is 6.48. The number of anilines is 1. The van der Waals surface area contributed by atoms with Crippen molar-refractivity contribution >= 4 is 33.4 Å². The zero-order chi connectivity index (χ0) is 16.0. The first-order valence-corrected chi connectivity index (χ1v) is 7.80. The van der Waals surface area contributed by atoms with Crippen LogP contribution in [-0.4, -0.2) is 38.0 Å². The van der Waals surface area contributed by atoms with Crippen molar-refractivity contribution in [3.63, 3.8) is 0 Å². The van der Waals surface area contributed by atoms with Gasteiger partial charge in [0.1, 0.15) is 0 Å². The van der Waals surface area contributed by atoms with Gasteiger partial charge in [-0.2, -0.15) is 0 Å². The van der Waals surface area contributed by atoms with E-state index in [-0.39, 0.29) is 24.4 Å². The second-order valence-corrected chi connectivity index (χ2v) is 6.06. The van der Waals surface area contributed by atoms with Crippen molar-refractivity contribution in [1.29, 1.82) is 0 Å². The van der Waals surface area contributed by atoms with Gasteiger partial charge in [-0.25, -0.2) is 0 Å². The molecule has 1 aromatic carbocycles. The molecule has 0 saturated carbocycles. The van der Waals surface area contributed by atoms with Gasteiger partial charge in [0.15, 0.2) is 12.6 Å². The first kappa shape index (κ1) is 17.7. The van der Waals surface area contributed by atoms with Crippen LogP contribution in [0.4, 0.5) is 5.69 Å². The van der Waals surface area contributed by atoms with E-state index >= 15 is 0 Å². The number of carbonyl (C=O) groups is 2. The lowest BCUT2D eigenvalue weighted by Gasteiger charge is -2.20. The standard InChI is InChI=1S/C15H22BrN3O2/c1-5-17-15(21)11(3)19(4)9-14(20)18-13-7-6-12(16)8-10(13)2/h6-8,11H,5,9H2,1-4H3,(H,17,21)(H,18,20)/p+1/t11-/m1/s1. The van der Waals surface area contributed by atoms with Crippen molar-refractivity contribution in [3.05, 3.63) is 28.2 Å². The third-order valence-corrected chi connectivity index (χ3v) is 3.88. The number of quaternary nitrogens is 1. The van der Waals surface area contributed by atoms with Gasteiger partial charge in [-0.3, -0.25) is 9.59 Å². The Bertz CT molecular complexity index is 520. The second kappa shape index (κ2) is 8.14. The van der Waals surface area contributed by atoms with Crippen LogP contribution in [0.25, 0.3) is 0 Å². The highest BCUT2D eigenvalue weighted by atomic mass is 79.9. The molecule has 0 aliphatic heterocycles. The highest BCUT2D eigenvalue weighted by molar-refractivity contribution is 9.10. The lowest BCUT2D eigenvalue weighted by Crippen LogP contribution is -3.15. The lowest BCUT2D eigenvalue weighted by atomic mass is 10.2. The Kier molecular flexibility index (Phi) is 6.84. The summed E-state index contributed by atoms with van der Waals surface area (Å²) in [5, 5.41) is 5.65. The monoisotopic (exact) mass is 356 g/mol. The van der Waals surface area contributed by atoms with Gasteiger partial charge in [0, 0.05) is 16.7 Å². The molecule has 2 amide bonds. The smallest absolute Gasteiger partial charge is 0.279 e. The summed E-state index contributed by atoms with van der Waals surface area (Å²) >= 11 is 3.39. The van der Waals surface area contributed by atoms with Crippen molar-refractivity contribution in [3.8, 4) is 0 Å². The first-order chi connectivity index (χ1) is 9.85. The molecular weight excluding hydrogens is 334 g/mol. The van der Waals surface area contributed by atoms with Gasteiger partial charge in [-0.05, 0) is 44.5 Å². The van der Waals surface area contributed by atoms with Crippen LogP contribution in [0.5, 0.6) is 0 Å². The van der Waals surface area contributed by atoms with Gasteiger partial charge >= 0.3 is 0 Å². The van der Waals surface area contributed by atoms with Gasteiger partial charge in [0.05, 0.1) is 7.05 Å². The Balaban J connectivity index is 2.58. The number of amides is 2. The van der Waals surface area contributed by atoms with E-state index in [1.165, 1.54) is 0 Å². The lowest BCUT2D eigenvalue weighted by molar-refractivity contribution is -0.885. The zero-order valence-electron chi connectivity index (χ0n) is 12.9. The summed E-state index contributed by atoms with van der Waals surface area (Å²) in [5.41, 5.74) is 1.79. The molecule has 0 aliphatic rings. The fourth-order valence-electron chi connectivity index (χ4n) is 1.92. The molecule has 0 radical (unpaired) electrons. The number of halogens is 1. The molecule has 1 unspecified atom stereocenters. The summed E-state index contributed by atoms with van der Waals surface area (Å²) in [7, 11) is 1.84. The number of carbonyl (C=O) groups excluding carboxylic acids is 2. The highest BCUT2D eigenvalue weighted by Crippen LogP contribution is 2.19. The molecule has 0 saturated heterocycles. The maximum atomic E-state index is 12.1. The fourth-order valence-corrected chi connectivity index (χ4v) is 2.39. The molecule has 116 valence electrons. The number of rotatable bonds is 6. The molecule has 5 nitrogen and oxygen atoms in total. The molecule has 0 aliphatic carbocycles. The molecule has 3 N–H and O–H groups in total. The molecule has 0 heterocycles. The number of hydrogen-bond acceptors (Lipinski definition) is 2. The van der Waals surface area contributed by atoms with E-state index in [2.05, 4.69) is 26.6 Å². The van der Waals surface area contributed by atoms with E-state index in [1.807, 2.05) is 46.0 Å². The minimum Gasteiger partial charge on any atom is -0.351 e. The Morgan fingerprint density at radius 3 is 2.62 bits per heavy atom. The Morgan fingerprint density at radius 2 is 2.05 bits per heavy atom. The SMILES string of the molecule is CCNC(=O)[C@@H](C)[NH+](C)CC(=O)Nc1ccc(Br)cc1C. The van der Waals surface area contributed by atoms with Crippen LogP contribution < -0.4 is 15.5 Å². The summed E-state index contributed by atoms with van der Waals surface area (Å²) in [5.74, 6) is -0.142. The van der Waals surface area contributed by atoms with E-state index < -0.39 is 0 Å². The maximum absolute atomic E-state index is 12.1. The molecule has 0 fully saturated rings. The van der Waals surface area contributed by atoms with Crippen molar-refractivity contribution in [2.75, 3.05) is 25.5 Å². The van der Waals surface area contributed by atoms with Crippen LogP contribution in [0.1, 0.15) is 19.4 Å². The van der Waals surface area contributed by atoms with E-state index in [4.69, 9.17) is 0 Å². The first-order valence-electron chi connectivity index (χ1n) is 7.01. The molecule has 0 aromatic heterocycles. The largest absolute Gasteiger partial charge is 0.351 e. The normalized spacial score (nSPS) is 13.4. The Hall–Kier alpha value is -1.40. The van der Waals surface area contributed by atoms with Gasteiger partial charge in [0.25, 0.3) is 11.8 Å². The van der Waals surface area contributed by atoms with Gasteiger partial charge in [0.2, 0.25) is 0 Å². The Morgan fingerprint density at radius 1 is 1.38 bits per heavy atom. The molecule has 0 spiro atoms. The van der Waals surface area contributed by atoms with Crippen LogP contribution in [0, 0.1) is 6.92 Å². The van der Waals surface area contributed by atoms with Crippen molar-refractivity contribution in [2.24, 2.45) is 0 Å². The molecule has 21 heavy (non-hydrogen) atoms. The maximum Gasteiger partial charge on any atom is 0.279 e. The molecule has 1 aromatic rings. The summed E-state index contributed by atoms with van der Waals surface area (Å²) in [6, 6.07) is 5.43. The average Bonchev–Trinajstić information content (AvgIpc) is 2.41. The summed E-state index contributed by atoms with van der Waals surface area (Å²) in [4.78, 5) is 24.7. The number of hydrogen-bond donors (Lipinski definition) is 3. The quantitative estimate of drug-likeness (QED) is 0.703. The summed E-state index contributed by atoms with van der Waals surface area (Å²) < 4.78 is 0.977. The van der Waals surface area contributed by atoms with E-state index in [0.29, 0.717) is 6.54 Å².